The van der Waals surface area contributed by atoms with Crippen LogP contribution in [0.5, 0.6) is 0 Å². The second-order valence-electron chi connectivity index (χ2n) is 5.76. The molecule has 0 bridgehead atoms. The van der Waals surface area contributed by atoms with E-state index >= 15 is 0 Å². The lowest BCUT2D eigenvalue weighted by Crippen LogP contribution is -2.33. The lowest BCUT2D eigenvalue weighted by molar-refractivity contribution is -0.158. The van der Waals surface area contributed by atoms with Gasteiger partial charge in [0.25, 0.3) is 5.56 Å². The predicted octanol–water partition coefficient (Wildman–Crippen LogP) is 2.67. The summed E-state index contributed by atoms with van der Waals surface area (Å²) in [5.74, 6) is -0.436. The normalized spacial score (nSPS) is 13.4. The zero-order valence-corrected chi connectivity index (χ0v) is 13.1. The number of ether oxygens (including phenoxy) is 1. The van der Waals surface area contributed by atoms with E-state index in [0.29, 0.717) is 10.2 Å². The highest BCUT2D eigenvalue weighted by molar-refractivity contribution is 7.17. The Balaban J connectivity index is 2.40. The van der Waals surface area contributed by atoms with Crippen molar-refractivity contribution in [2.75, 3.05) is 0 Å². The molecule has 0 spiro atoms. The lowest BCUT2D eigenvalue weighted by Gasteiger charge is -2.22. The van der Waals surface area contributed by atoms with Gasteiger partial charge < -0.3 is 4.74 Å². The summed E-state index contributed by atoms with van der Waals surface area (Å²) in [7, 11) is 0. The topological polar surface area (TPSA) is 61.2 Å². The van der Waals surface area contributed by atoms with Gasteiger partial charge in [0.1, 0.15) is 16.3 Å². The van der Waals surface area contributed by atoms with Gasteiger partial charge in [-0.25, -0.2) is 9.78 Å². The molecule has 0 radical (unpaired) electrons. The molecule has 0 aromatic carbocycles. The van der Waals surface area contributed by atoms with Gasteiger partial charge >= 0.3 is 5.97 Å². The Morgan fingerprint density at radius 1 is 1.45 bits per heavy atom. The standard InChI is InChI=1S/C14H18N2O3S/c1-8-6-20-11-10(8)15-7-16(12(11)17)9(2)13(18)19-14(3,4)5/h6-7,9H,1-5H3. The molecule has 0 aliphatic rings. The van der Waals surface area contributed by atoms with Crippen LogP contribution < -0.4 is 5.56 Å². The first-order valence-corrected chi connectivity index (χ1v) is 7.26. The van der Waals surface area contributed by atoms with Crippen LogP contribution in [0.15, 0.2) is 16.5 Å². The van der Waals surface area contributed by atoms with Gasteiger partial charge in [0.2, 0.25) is 0 Å². The van der Waals surface area contributed by atoms with Crippen molar-refractivity contribution in [2.45, 2.75) is 46.3 Å². The molecule has 0 aliphatic heterocycles. The van der Waals surface area contributed by atoms with E-state index in [9.17, 15) is 9.59 Å². The van der Waals surface area contributed by atoms with Gasteiger partial charge in [-0.1, -0.05) is 0 Å². The Kier molecular flexibility index (Phi) is 3.69. The fraction of sp³-hybridized carbons (Fsp3) is 0.500. The maximum atomic E-state index is 12.4. The summed E-state index contributed by atoms with van der Waals surface area (Å²) >= 11 is 1.35. The average Bonchev–Trinajstić information content (AvgIpc) is 2.70. The average molecular weight is 294 g/mol. The highest BCUT2D eigenvalue weighted by Gasteiger charge is 2.24. The highest BCUT2D eigenvalue weighted by Crippen LogP contribution is 2.21. The van der Waals surface area contributed by atoms with Crippen LogP contribution in [0.2, 0.25) is 0 Å². The fourth-order valence-corrected chi connectivity index (χ4v) is 2.75. The van der Waals surface area contributed by atoms with Crippen molar-refractivity contribution in [3.05, 3.63) is 27.6 Å². The molecule has 2 heterocycles. The van der Waals surface area contributed by atoms with Crippen molar-refractivity contribution in [2.24, 2.45) is 0 Å². The number of aryl methyl sites for hydroxylation is 1. The molecule has 0 N–H and O–H groups in total. The van der Waals surface area contributed by atoms with Crippen molar-refractivity contribution in [3.8, 4) is 0 Å². The van der Waals surface area contributed by atoms with Gasteiger partial charge in [-0.15, -0.1) is 11.3 Å². The Morgan fingerprint density at radius 2 is 2.10 bits per heavy atom. The monoisotopic (exact) mass is 294 g/mol. The molecule has 20 heavy (non-hydrogen) atoms. The third-order valence-electron chi connectivity index (χ3n) is 2.85. The summed E-state index contributed by atoms with van der Waals surface area (Å²) in [6.45, 7) is 8.94. The minimum absolute atomic E-state index is 0.202. The van der Waals surface area contributed by atoms with E-state index in [1.165, 1.54) is 22.2 Å². The Hall–Kier alpha value is -1.69. The third kappa shape index (κ3) is 2.75. The van der Waals surface area contributed by atoms with E-state index < -0.39 is 17.6 Å². The van der Waals surface area contributed by atoms with Crippen molar-refractivity contribution < 1.29 is 9.53 Å². The van der Waals surface area contributed by atoms with Crippen LogP contribution in [0.25, 0.3) is 10.2 Å². The van der Waals surface area contributed by atoms with Gasteiger partial charge in [-0.05, 0) is 45.6 Å². The third-order valence-corrected chi connectivity index (χ3v) is 3.92. The molecule has 0 saturated heterocycles. The Morgan fingerprint density at radius 3 is 2.70 bits per heavy atom. The fourth-order valence-electron chi connectivity index (χ4n) is 1.82. The largest absolute Gasteiger partial charge is 0.458 e. The SMILES string of the molecule is Cc1csc2c(=O)n(C(C)C(=O)OC(C)(C)C)cnc12. The molecule has 2 aromatic heterocycles. The second kappa shape index (κ2) is 5.01. The quantitative estimate of drug-likeness (QED) is 0.799. The van der Waals surface area contributed by atoms with Gasteiger partial charge in [0.15, 0.2) is 0 Å². The molecule has 6 heteroatoms. The zero-order valence-electron chi connectivity index (χ0n) is 12.3. The number of nitrogens with zero attached hydrogens (tertiary/aromatic N) is 2. The lowest BCUT2D eigenvalue weighted by atomic mass is 10.2. The summed E-state index contributed by atoms with van der Waals surface area (Å²) in [5, 5.41) is 1.89. The number of carbonyl (C=O) groups is 1. The van der Waals surface area contributed by atoms with Gasteiger partial charge in [0.05, 0.1) is 11.8 Å². The number of fused-ring (bicyclic) bond motifs is 1. The van der Waals surface area contributed by atoms with Crippen LogP contribution in [-0.4, -0.2) is 21.1 Å². The maximum absolute atomic E-state index is 12.4. The molecular formula is C14H18N2O3S. The van der Waals surface area contributed by atoms with E-state index in [0.717, 1.165) is 5.56 Å². The molecule has 5 nitrogen and oxygen atoms in total. The maximum Gasteiger partial charge on any atom is 0.329 e. The summed E-state index contributed by atoms with van der Waals surface area (Å²) in [6, 6.07) is -0.693. The first-order valence-electron chi connectivity index (χ1n) is 6.38. The van der Waals surface area contributed by atoms with Crippen LogP contribution >= 0.6 is 11.3 Å². The summed E-state index contributed by atoms with van der Waals surface area (Å²) in [6.07, 6.45) is 1.42. The van der Waals surface area contributed by atoms with Gasteiger partial charge in [-0.3, -0.25) is 9.36 Å². The molecule has 0 amide bonds. The molecule has 2 aromatic rings. The van der Waals surface area contributed by atoms with Crippen molar-refractivity contribution in [1.29, 1.82) is 0 Å². The van der Waals surface area contributed by atoms with E-state index in [-0.39, 0.29) is 5.56 Å². The highest BCUT2D eigenvalue weighted by atomic mass is 32.1. The molecule has 1 unspecified atom stereocenters. The number of rotatable bonds is 2. The van der Waals surface area contributed by atoms with Gasteiger partial charge in [-0.2, -0.15) is 0 Å². The van der Waals surface area contributed by atoms with Gasteiger partial charge in [0, 0.05) is 0 Å². The molecule has 108 valence electrons. The smallest absolute Gasteiger partial charge is 0.329 e. The number of carbonyl (C=O) groups excluding carboxylic acids is 1. The van der Waals surface area contributed by atoms with Crippen molar-refractivity contribution in [3.63, 3.8) is 0 Å². The van der Waals surface area contributed by atoms with E-state index in [2.05, 4.69) is 4.98 Å². The second-order valence-corrected chi connectivity index (χ2v) is 6.64. The molecule has 0 saturated carbocycles. The summed E-state index contributed by atoms with van der Waals surface area (Å²) < 4.78 is 7.20. The van der Waals surface area contributed by atoms with Crippen molar-refractivity contribution in [1.82, 2.24) is 9.55 Å². The summed E-state index contributed by atoms with van der Waals surface area (Å²) in [4.78, 5) is 28.7. The first kappa shape index (κ1) is 14.7. The first-order chi connectivity index (χ1) is 9.20. The van der Waals surface area contributed by atoms with E-state index in [1.54, 1.807) is 27.7 Å². The zero-order chi connectivity index (χ0) is 15.1. The van der Waals surface area contributed by atoms with Crippen LogP contribution in [0, 0.1) is 6.92 Å². The Bertz CT molecular complexity index is 709. The molecule has 1 atom stereocenters. The Labute approximate surface area is 121 Å². The van der Waals surface area contributed by atoms with Crippen LogP contribution in [0.3, 0.4) is 0 Å². The molecular weight excluding hydrogens is 276 g/mol. The van der Waals surface area contributed by atoms with E-state index in [1.807, 2.05) is 12.3 Å². The number of hydrogen-bond donors (Lipinski definition) is 0. The molecule has 2 rings (SSSR count). The van der Waals surface area contributed by atoms with Crippen LogP contribution in [0.4, 0.5) is 0 Å². The van der Waals surface area contributed by atoms with Crippen LogP contribution in [0.1, 0.15) is 39.3 Å². The number of hydrogen-bond acceptors (Lipinski definition) is 5. The predicted molar refractivity (Wildman–Crippen MR) is 79.2 cm³/mol. The minimum Gasteiger partial charge on any atom is -0.458 e. The van der Waals surface area contributed by atoms with E-state index in [4.69, 9.17) is 4.74 Å². The molecule has 0 fully saturated rings. The minimum atomic E-state index is -0.693. The molecule has 0 aliphatic carbocycles. The number of esters is 1. The van der Waals surface area contributed by atoms with Crippen molar-refractivity contribution >= 4 is 27.5 Å². The number of thiophene rings is 1. The van der Waals surface area contributed by atoms with Crippen LogP contribution in [-0.2, 0) is 9.53 Å². The number of aromatic nitrogens is 2. The summed E-state index contributed by atoms with van der Waals surface area (Å²) in [5.41, 5.74) is 0.893.